The number of aliphatic carboxylic acids is 1. The number of amides is 4. The third kappa shape index (κ3) is 13.4. The summed E-state index contributed by atoms with van der Waals surface area (Å²) in [5.41, 5.74) is 6.05. The van der Waals surface area contributed by atoms with Crippen molar-refractivity contribution in [2.45, 2.75) is 75.3 Å². The van der Waals surface area contributed by atoms with E-state index >= 15 is 0 Å². The predicted molar refractivity (Wildman–Crippen MR) is 161 cm³/mol. The van der Waals surface area contributed by atoms with Crippen LogP contribution in [0.3, 0.4) is 0 Å². The number of carboxylic acid groups (broad SMARTS) is 1. The van der Waals surface area contributed by atoms with E-state index in [1.807, 2.05) is 0 Å². The number of aliphatic hydroxyl groups excluding tert-OH is 1. The highest BCUT2D eigenvalue weighted by atomic mass is 16.4. The van der Waals surface area contributed by atoms with Crippen molar-refractivity contribution >= 4 is 35.6 Å². The van der Waals surface area contributed by atoms with Crippen molar-refractivity contribution in [2.24, 2.45) is 5.73 Å². The van der Waals surface area contributed by atoms with Gasteiger partial charge in [-0.05, 0) is 57.7 Å². The van der Waals surface area contributed by atoms with E-state index in [1.54, 1.807) is 37.4 Å². The normalized spacial score (nSPS) is 23.6. The summed E-state index contributed by atoms with van der Waals surface area (Å²) in [6, 6.07) is 4.30. The van der Waals surface area contributed by atoms with E-state index in [2.05, 4.69) is 37.2 Å². The Morgan fingerprint density at radius 3 is 2.20 bits per heavy atom. The molecule has 44 heavy (non-hydrogen) atoms. The molecule has 5 unspecified atom stereocenters. The fourth-order valence-electron chi connectivity index (χ4n) is 4.64. The molecule has 1 saturated heterocycles. The van der Waals surface area contributed by atoms with E-state index in [4.69, 9.17) is 11.1 Å². The molecule has 4 amide bonds. The average Bonchev–Trinajstić information content (AvgIpc) is 2.97. The van der Waals surface area contributed by atoms with E-state index < -0.39 is 73.0 Å². The molecule has 2 rings (SSSR count). The van der Waals surface area contributed by atoms with Crippen molar-refractivity contribution in [1.29, 1.82) is 5.41 Å². The lowest BCUT2D eigenvalue weighted by molar-refractivity contribution is -0.139. The van der Waals surface area contributed by atoms with Crippen LogP contribution in [0.1, 0.15) is 44.1 Å². The Hall–Kier alpha value is -4.28. The van der Waals surface area contributed by atoms with Crippen molar-refractivity contribution in [2.75, 3.05) is 26.7 Å². The van der Waals surface area contributed by atoms with E-state index in [0.29, 0.717) is 25.8 Å². The molecule has 1 fully saturated rings. The molecule has 0 bridgehead atoms. The van der Waals surface area contributed by atoms with Crippen LogP contribution in [0.2, 0.25) is 0 Å². The fourth-order valence-corrected chi connectivity index (χ4v) is 4.64. The van der Waals surface area contributed by atoms with Gasteiger partial charge in [-0.3, -0.25) is 34.7 Å². The van der Waals surface area contributed by atoms with Crippen molar-refractivity contribution in [3.05, 3.63) is 35.9 Å². The largest absolute Gasteiger partial charge is 0.481 e. The molecule has 1 aromatic carbocycles. The molecule has 1 aliphatic heterocycles. The van der Waals surface area contributed by atoms with Crippen molar-refractivity contribution in [3.8, 4) is 0 Å². The summed E-state index contributed by atoms with van der Waals surface area (Å²) >= 11 is 0. The average molecular weight is 620 g/mol. The Morgan fingerprint density at radius 2 is 1.57 bits per heavy atom. The molecule has 1 aliphatic rings. The van der Waals surface area contributed by atoms with Crippen LogP contribution in [0.15, 0.2) is 30.3 Å². The van der Waals surface area contributed by atoms with Crippen LogP contribution < -0.4 is 43.0 Å². The molecule has 0 spiro atoms. The Bertz CT molecular complexity index is 1120. The number of carbonyl (C=O) groups is 5. The second-order valence-electron chi connectivity index (χ2n) is 10.5. The molecule has 12 N–H and O–H groups in total. The van der Waals surface area contributed by atoms with Gasteiger partial charge >= 0.3 is 5.97 Å². The van der Waals surface area contributed by atoms with Gasteiger partial charge in [0.2, 0.25) is 23.6 Å². The number of guanidine groups is 1. The Labute approximate surface area is 256 Å². The molecule has 0 aromatic heterocycles. The minimum atomic E-state index is -1.67. The van der Waals surface area contributed by atoms with Gasteiger partial charge in [0.05, 0.1) is 25.0 Å². The first kappa shape index (κ1) is 35.9. The molecule has 244 valence electrons. The van der Waals surface area contributed by atoms with Crippen LogP contribution in [-0.4, -0.2) is 103 Å². The summed E-state index contributed by atoms with van der Waals surface area (Å²) < 4.78 is 0. The Balaban J connectivity index is 2.42. The van der Waals surface area contributed by atoms with Crippen LogP contribution in [-0.2, 0) is 30.4 Å². The van der Waals surface area contributed by atoms with Crippen LogP contribution in [0.4, 0.5) is 0 Å². The highest BCUT2D eigenvalue weighted by molar-refractivity contribution is 5.94. The molecule has 1 heterocycles. The number of carboxylic acids is 1. The SMILES string of the molecule is CNCCCCC1NC(=O)C(Cc2ccccc2)NC(O)C(CC(=O)O)NC(=O)CNC(=O)C(CCCNC(=N)N)NC1=O. The molecule has 16 heteroatoms. The number of aliphatic hydroxyl groups is 1. The fraction of sp³-hybridized carbons (Fsp3) is 0.571. The molecule has 0 saturated carbocycles. The number of benzene rings is 1. The zero-order valence-corrected chi connectivity index (χ0v) is 24.9. The van der Waals surface area contributed by atoms with Gasteiger partial charge in [0.15, 0.2) is 5.96 Å². The molecule has 0 aliphatic carbocycles. The minimum absolute atomic E-state index is 0.0807. The Kier molecular flexibility index (Phi) is 15.6. The lowest BCUT2D eigenvalue weighted by Crippen LogP contribution is -2.59. The van der Waals surface area contributed by atoms with Gasteiger partial charge < -0.3 is 47.8 Å². The van der Waals surface area contributed by atoms with Gasteiger partial charge in [-0.25, -0.2) is 0 Å². The number of hydrogen-bond donors (Lipinski definition) is 11. The van der Waals surface area contributed by atoms with Gasteiger partial charge in [-0.1, -0.05) is 30.3 Å². The topological polar surface area (TPSA) is 260 Å². The third-order valence-corrected chi connectivity index (χ3v) is 6.94. The number of nitrogens with one attached hydrogen (secondary N) is 8. The second-order valence-corrected chi connectivity index (χ2v) is 10.5. The standard InChI is InChI=1S/C28H45N9O7/c1-31-12-6-5-10-19-25(42)35-18(11-7-13-32-28(29)30)24(41)33-16-22(38)34-21(15-23(39)40)27(44)37-20(26(43)36-19)14-17-8-3-2-4-9-17/h2-4,8-9,18-21,27,31,37,44H,5-7,10-16H2,1H3,(H,33,41)(H,34,38)(H,35,42)(H,36,43)(H,39,40)(H4,29,30,32). The third-order valence-electron chi connectivity index (χ3n) is 6.94. The van der Waals surface area contributed by atoms with Crippen LogP contribution >= 0.6 is 0 Å². The highest BCUT2D eigenvalue weighted by Crippen LogP contribution is 2.10. The van der Waals surface area contributed by atoms with Crippen LogP contribution in [0.25, 0.3) is 0 Å². The molecule has 16 nitrogen and oxygen atoms in total. The first-order valence-corrected chi connectivity index (χ1v) is 14.6. The van der Waals surface area contributed by atoms with E-state index in [0.717, 1.165) is 5.56 Å². The smallest absolute Gasteiger partial charge is 0.305 e. The van der Waals surface area contributed by atoms with Crippen LogP contribution in [0, 0.1) is 5.41 Å². The molecular formula is C28H45N9O7. The maximum Gasteiger partial charge on any atom is 0.305 e. The summed E-state index contributed by atoms with van der Waals surface area (Å²) in [4.78, 5) is 64.5. The minimum Gasteiger partial charge on any atom is -0.481 e. The summed E-state index contributed by atoms with van der Waals surface area (Å²) in [6.45, 7) is 0.381. The molecular weight excluding hydrogens is 574 g/mol. The summed E-state index contributed by atoms with van der Waals surface area (Å²) in [7, 11) is 1.80. The number of hydrogen-bond acceptors (Lipinski definition) is 9. The summed E-state index contributed by atoms with van der Waals surface area (Å²) in [6.07, 6.45) is -0.271. The predicted octanol–water partition coefficient (Wildman–Crippen LogP) is -2.78. The zero-order valence-electron chi connectivity index (χ0n) is 24.9. The summed E-state index contributed by atoms with van der Waals surface area (Å²) in [5, 5.41) is 46.3. The van der Waals surface area contributed by atoms with Gasteiger partial charge in [0.1, 0.15) is 18.3 Å². The zero-order chi connectivity index (χ0) is 32.5. The number of nitrogens with two attached hydrogens (primary N) is 1. The van der Waals surface area contributed by atoms with Crippen molar-refractivity contribution in [3.63, 3.8) is 0 Å². The lowest BCUT2D eigenvalue weighted by Gasteiger charge is -2.29. The molecule has 0 radical (unpaired) electrons. The maximum absolute atomic E-state index is 13.7. The van der Waals surface area contributed by atoms with Crippen LogP contribution in [0.5, 0.6) is 0 Å². The van der Waals surface area contributed by atoms with Gasteiger partial charge in [0, 0.05) is 6.54 Å². The van der Waals surface area contributed by atoms with E-state index in [9.17, 15) is 34.2 Å². The Morgan fingerprint density at radius 1 is 0.932 bits per heavy atom. The first-order chi connectivity index (χ1) is 21.0. The highest BCUT2D eigenvalue weighted by Gasteiger charge is 2.33. The summed E-state index contributed by atoms with van der Waals surface area (Å²) in [5.74, 6) is -4.26. The quantitative estimate of drug-likeness (QED) is 0.0611. The van der Waals surface area contributed by atoms with E-state index in [-0.39, 0.29) is 31.8 Å². The number of rotatable bonds is 13. The lowest BCUT2D eigenvalue weighted by atomic mass is 10.0. The monoisotopic (exact) mass is 619 g/mol. The number of unbranched alkanes of at least 4 members (excludes halogenated alkanes) is 1. The van der Waals surface area contributed by atoms with Gasteiger partial charge in [-0.2, -0.15) is 0 Å². The maximum atomic E-state index is 13.7. The van der Waals surface area contributed by atoms with Gasteiger partial charge in [-0.15, -0.1) is 0 Å². The van der Waals surface area contributed by atoms with Crippen molar-refractivity contribution < 1.29 is 34.2 Å². The molecule has 5 atom stereocenters. The molecule has 1 aromatic rings. The second kappa shape index (κ2) is 19.1. The van der Waals surface area contributed by atoms with E-state index in [1.165, 1.54) is 0 Å². The number of carbonyl (C=O) groups excluding carboxylic acids is 4. The van der Waals surface area contributed by atoms with Crippen molar-refractivity contribution in [1.82, 2.24) is 37.2 Å². The van der Waals surface area contributed by atoms with Gasteiger partial charge in [0.25, 0.3) is 0 Å². The first-order valence-electron chi connectivity index (χ1n) is 14.6.